The molecule has 0 atom stereocenters. The van der Waals surface area contributed by atoms with Crippen molar-refractivity contribution in [3.05, 3.63) is 83.6 Å². The first-order valence-corrected chi connectivity index (χ1v) is 7.72. The van der Waals surface area contributed by atoms with Crippen molar-refractivity contribution in [1.29, 1.82) is 0 Å². The second kappa shape index (κ2) is 6.97. The van der Waals surface area contributed by atoms with Crippen LogP contribution in [0.4, 0.5) is 0 Å². The number of carbonyl (C=O) groups excluding carboxylic acids is 1. The number of furan rings is 1. The number of benzene rings is 2. The van der Waals surface area contributed by atoms with Gasteiger partial charge in [0.2, 0.25) is 0 Å². The highest BCUT2D eigenvalue weighted by Gasteiger charge is 2.15. The summed E-state index contributed by atoms with van der Waals surface area (Å²) in [7, 11) is 0. The van der Waals surface area contributed by atoms with Crippen molar-refractivity contribution in [2.75, 3.05) is 6.54 Å². The summed E-state index contributed by atoms with van der Waals surface area (Å²) in [5.74, 6) is 1.27. The molecule has 0 bridgehead atoms. The molecule has 2 aromatic carbocycles. The van der Waals surface area contributed by atoms with E-state index in [1.165, 1.54) is 5.56 Å². The minimum absolute atomic E-state index is 0.0932. The Labute approximate surface area is 136 Å². The molecule has 1 amide bonds. The van der Waals surface area contributed by atoms with Crippen LogP contribution in [-0.2, 0) is 6.42 Å². The van der Waals surface area contributed by atoms with Crippen molar-refractivity contribution >= 4 is 5.91 Å². The van der Waals surface area contributed by atoms with Gasteiger partial charge in [0.1, 0.15) is 11.5 Å². The summed E-state index contributed by atoms with van der Waals surface area (Å²) in [6.45, 7) is 2.42. The molecule has 0 aliphatic rings. The van der Waals surface area contributed by atoms with Crippen LogP contribution in [0.15, 0.2) is 71.1 Å². The fraction of sp³-hybridized carbons (Fsp3) is 0.150. The zero-order valence-corrected chi connectivity index (χ0v) is 13.1. The zero-order valence-electron chi connectivity index (χ0n) is 13.1. The topological polar surface area (TPSA) is 42.2 Å². The van der Waals surface area contributed by atoms with E-state index in [4.69, 9.17) is 4.42 Å². The molecule has 3 nitrogen and oxygen atoms in total. The Morgan fingerprint density at radius 3 is 2.35 bits per heavy atom. The summed E-state index contributed by atoms with van der Waals surface area (Å²) in [5, 5.41) is 2.95. The Morgan fingerprint density at radius 1 is 1.00 bits per heavy atom. The molecule has 0 saturated carbocycles. The smallest absolute Gasteiger partial charge is 0.254 e. The normalized spacial score (nSPS) is 10.5. The Hall–Kier alpha value is -2.81. The summed E-state index contributed by atoms with van der Waals surface area (Å²) >= 11 is 0. The molecule has 0 spiro atoms. The molecule has 116 valence electrons. The highest BCUT2D eigenvalue weighted by Crippen LogP contribution is 2.25. The van der Waals surface area contributed by atoms with Crippen LogP contribution in [0.25, 0.3) is 11.3 Å². The highest BCUT2D eigenvalue weighted by molar-refractivity contribution is 5.96. The molecule has 1 N–H and O–H groups in total. The molecule has 0 unspecified atom stereocenters. The molecule has 0 radical (unpaired) electrons. The van der Waals surface area contributed by atoms with E-state index < -0.39 is 0 Å². The van der Waals surface area contributed by atoms with Crippen LogP contribution in [0.2, 0.25) is 0 Å². The van der Waals surface area contributed by atoms with Gasteiger partial charge in [0.15, 0.2) is 0 Å². The van der Waals surface area contributed by atoms with E-state index in [2.05, 4.69) is 17.4 Å². The highest BCUT2D eigenvalue weighted by atomic mass is 16.3. The summed E-state index contributed by atoms with van der Waals surface area (Å²) in [6.07, 6.45) is 0.815. The van der Waals surface area contributed by atoms with Crippen LogP contribution in [0, 0.1) is 6.92 Å². The van der Waals surface area contributed by atoms with E-state index in [-0.39, 0.29) is 5.91 Å². The Bertz CT molecular complexity index is 776. The van der Waals surface area contributed by atoms with Crippen LogP contribution in [-0.4, -0.2) is 12.5 Å². The fourth-order valence-electron chi connectivity index (χ4n) is 2.51. The molecule has 1 heterocycles. The molecule has 3 heteroatoms. The maximum atomic E-state index is 12.3. The van der Waals surface area contributed by atoms with Crippen LogP contribution >= 0.6 is 0 Å². The first-order chi connectivity index (χ1) is 11.2. The molecule has 1 aromatic heterocycles. The van der Waals surface area contributed by atoms with Gasteiger partial charge in [-0.2, -0.15) is 0 Å². The van der Waals surface area contributed by atoms with Gasteiger partial charge in [-0.05, 0) is 25.0 Å². The molecular weight excluding hydrogens is 286 g/mol. The monoisotopic (exact) mass is 305 g/mol. The molecule has 0 aliphatic carbocycles. The second-order valence-corrected chi connectivity index (χ2v) is 5.44. The van der Waals surface area contributed by atoms with Crippen LogP contribution in [0.1, 0.15) is 21.7 Å². The van der Waals surface area contributed by atoms with Gasteiger partial charge in [-0.15, -0.1) is 0 Å². The standard InChI is InChI=1S/C20H19NO2/c1-15-18(14-19(23-15)17-10-6-3-7-11-17)20(22)21-13-12-16-8-4-2-5-9-16/h2-11,14H,12-13H2,1H3,(H,21,22). The maximum absolute atomic E-state index is 12.3. The lowest BCUT2D eigenvalue weighted by molar-refractivity contribution is 0.0952. The number of nitrogens with one attached hydrogen (secondary N) is 1. The molecule has 0 fully saturated rings. The van der Waals surface area contributed by atoms with Crippen LogP contribution in [0.3, 0.4) is 0 Å². The van der Waals surface area contributed by atoms with Crippen molar-refractivity contribution in [2.24, 2.45) is 0 Å². The van der Waals surface area contributed by atoms with Crippen molar-refractivity contribution in [1.82, 2.24) is 5.32 Å². The van der Waals surface area contributed by atoms with E-state index >= 15 is 0 Å². The first kappa shape index (κ1) is 15.1. The molecule has 0 saturated heterocycles. The largest absolute Gasteiger partial charge is 0.461 e. The third-order valence-electron chi connectivity index (χ3n) is 3.76. The van der Waals surface area contributed by atoms with E-state index in [0.29, 0.717) is 17.9 Å². The molecule has 3 aromatic rings. The van der Waals surface area contributed by atoms with Gasteiger partial charge in [-0.25, -0.2) is 0 Å². The van der Waals surface area contributed by atoms with Gasteiger partial charge in [-0.1, -0.05) is 60.7 Å². The average molecular weight is 305 g/mol. The zero-order chi connectivity index (χ0) is 16.1. The number of hydrogen-bond acceptors (Lipinski definition) is 2. The first-order valence-electron chi connectivity index (χ1n) is 7.72. The lowest BCUT2D eigenvalue weighted by atomic mass is 10.1. The Balaban J connectivity index is 1.65. The molecule has 23 heavy (non-hydrogen) atoms. The number of hydrogen-bond donors (Lipinski definition) is 1. The van der Waals surface area contributed by atoms with Gasteiger partial charge in [0.25, 0.3) is 5.91 Å². The van der Waals surface area contributed by atoms with Crippen molar-refractivity contribution in [2.45, 2.75) is 13.3 Å². The SMILES string of the molecule is Cc1oc(-c2ccccc2)cc1C(=O)NCCc1ccccc1. The number of carbonyl (C=O) groups is 1. The minimum Gasteiger partial charge on any atom is -0.461 e. The van der Waals surface area contributed by atoms with Crippen LogP contribution < -0.4 is 5.32 Å². The van der Waals surface area contributed by atoms with Gasteiger partial charge in [-0.3, -0.25) is 4.79 Å². The summed E-state index contributed by atoms with van der Waals surface area (Å²) < 4.78 is 5.73. The third-order valence-corrected chi connectivity index (χ3v) is 3.76. The lowest BCUT2D eigenvalue weighted by Gasteiger charge is -2.04. The molecule has 3 rings (SSSR count). The predicted molar refractivity (Wildman–Crippen MR) is 91.4 cm³/mol. The molecule has 0 aliphatic heterocycles. The fourth-order valence-corrected chi connectivity index (χ4v) is 2.51. The van der Waals surface area contributed by atoms with E-state index in [0.717, 1.165) is 17.7 Å². The summed E-state index contributed by atoms with van der Waals surface area (Å²) in [4.78, 5) is 12.3. The third kappa shape index (κ3) is 3.69. The van der Waals surface area contributed by atoms with Crippen molar-refractivity contribution < 1.29 is 9.21 Å². The summed E-state index contributed by atoms with van der Waals surface area (Å²) in [6, 6.07) is 21.7. The lowest BCUT2D eigenvalue weighted by Crippen LogP contribution is -2.25. The minimum atomic E-state index is -0.0932. The maximum Gasteiger partial charge on any atom is 0.254 e. The van der Waals surface area contributed by atoms with Gasteiger partial charge in [0.05, 0.1) is 5.56 Å². The van der Waals surface area contributed by atoms with Crippen molar-refractivity contribution in [3.63, 3.8) is 0 Å². The Morgan fingerprint density at radius 2 is 1.65 bits per heavy atom. The number of amides is 1. The number of rotatable bonds is 5. The van der Waals surface area contributed by atoms with Crippen LogP contribution in [0.5, 0.6) is 0 Å². The van der Waals surface area contributed by atoms with E-state index in [9.17, 15) is 4.79 Å². The molecular formula is C20H19NO2. The van der Waals surface area contributed by atoms with E-state index in [1.54, 1.807) is 0 Å². The summed E-state index contributed by atoms with van der Waals surface area (Å²) in [5.41, 5.74) is 2.78. The Kier molecular flexibility index (Phi) is 4.57. The van der Waals surface area contributed by atoms with Gasteiger partial charge >= 0.3 is 0 Å². The number of aryl methyl sites for hydroxylation is 1. The predicted octanol–water partition coefficient (Wildman–Crippen LogP) is 4.23. The van der Waals surface area contributed by atoms with Gasteiger partial charge in [0, 0.05) is 12.1 Å². The van der Waals surface area contributed by atoms with E-state index in [1.807, 2.05) is 61.5 Å². The quantitative estimate of drug-likeness (QED) is 0.766. The van der Waals surface area contributed by atoms with Crippen molar-refractivity contribution in [3.8, 4) is 11.3 Å². The second-order valence-electron chi connectivity index (χ2n) is 5.44. The average Bonchev–Trinajstić information content (AvgIpc) is 2.98. The van der Waals surface area contributed by atoms with Gasteiger partial charge < -0.3 is 9.73 Å².